The lowest BCUT2D eigenvalue weighted by Gasteiger charge is -2.29. The van der Waals surface area contributed by atoms with E-state index in [-0.39, 0.29) is 10.8 Å². The second-order valence-corrected chi connectivity index (χ2v) is 6.28. The van der Waals surface area contributed by atoms with E-state index in [1.54, 1.807) is 11.8 Å². The van der Waals surface area contributed by atoms with Crippen LogP contribution < -0.4 is 9.61 Å². The van der Waals surface area contributed by atoms with Gasteiger partial charge in [0.15, 0.2) is 0 Å². The maximum absolute atomic E-state index is 11.5. The normalized spacial score (nSPS) is 20.2. The first-order valence-electron chi connectivity index (χ1n) is 5.63. The second-order valence-electron chi connectivity index (χ2n) is 4.28. The van der Waals surface area contributed by atoms with Gasteiger partial charge in [-0.2, -0.15) is 0 Å². The molecule has 1 aromatic heterocycles. The van der Waals surface area contributed by atoms with E-state index < -0.39 is 0 Å². The zero-order valence-electron chi connectivity index (χ0n) is 9.30. The molecule has 2 aromatic rings. The highest BCUT2D eigenvalue weighted by atomic mass is 32.2. The predicted octanol–water partition coefficient (Wildman–Crippen LogP) is 2.95. The Bertz CT molecular complexity index is 714. The lowest BCUT2D eigenvalue weighted by Crippen LogP contribution is -2.16. The molecule has 0 spiro atoms. The molecule has 0 amide bonds. The zero-order chi connectivity index (χ0) is 12.1. The van der Waals surface area contributed by atoms with E-state index in [1.165, 1.54) is 16.9 Å². The minimum Gasteiger partial charge on any atom is -0.465 e. The quantitative estimate of drug-likeness (QED) is 0.803. The van der Waals surface area contributed by atoms with Crippen LogP contribution in [0.5, 0.6) is 5.75 Å². The van der Waals surface area contributed by atoms with E-state index in [1.807, 2.05) is 24.5 Å². The minimum absolute atomic E-state index is 0.0257. The van der Waals surface area contributed by atoms with Gasteiger partial charge < -0.3 is 9.72 Å². The van der Waals surface area contributed by atoms with Crippen molar-refractivity contribution in [2.24, 2.45) is 0 Å². The highest BCUT2D eigenvalue weighted by Crippen LogP contribution is 2.48. The van der Waals surface area contributed by atoms with Gasteiger partial charge in [0.05, 0.1) is 16.2 Å². The van der Waals surface area contributed by atoms with E-state index in [2.05, 4.69) is 11.1 Å². The van der Waals surface area contributed by atoms with Gasteiger partial charge in [0.1, 0.15) is 5.75 Å². The summed E-state index contributed by atoms with van der Waals surface area (Å²) in [5.41, 5.74) is 2.40. The minimum atomic E-state index is 0.0257. The Labute approximate surface area is 112 Å². The third kappa shape index (κ3) is 1.41. The van der Waals surface area contributed by atoms with Gasteiger partial charge in [-0.05, 0) is 11.6 Å². The van der Waals surface area contributed by atoms with Crippen LogP contribution in [0.2, 0.25) is 0 Å². The molecular weight excluding hydrogens is 266 g/mol. The van der Waals surface area contributed by atoms with Gasteiger partial charge in [-0.15, -0.1) is 11.8 Å². The smallest absolute Gasteiger partial charge is 0.305 e. The summed E-state index contributed by atoms with van der Waals surface area (Å²) in [6.45, 7) is 0. The molecule has 18 heavy (non-hydrogen) atoms. The maximum atomic E-state index is 11.5. The number of nitrogens with one attached hydrogen (secondary N) is 1. The Hall–Kier alpha value is -1.46. The van der Waals surface area contributed by atoms with Crippen LogP contribution in [0.3, 0.4) is 0 Å². The first-order valence-corrected chi connectivity index (χ1v) is 7.43. The average Bonchev–Trinajstić information content (AvgIpc) is 2.78. The fraction of sp³-hybridized carbons (Fsp3) is 0.154. The number of aromatic amines is 1. The summed E-state index contributed by atoms with van der Waals surface area (Å²) in [7, 11) is 0. The Morgan fingerprint density at radius 2 is 2.22 bits per heavy atom. The molecule has 0 saturated heterocycles. The third-order valence-electron chi connectivity index (χ3n) is 3.23. The SMILES string of the molecule is O=c1[nH]c2c(s1)C1C(=COc3ccccc31)CS2. The Morgan fingerprint density at radius 1 is 1.33 bits per heavy atom. The number of fused-ring (bicyclic) bond motifs is 5. The molecule has 3 nitrogen and oxygen atoms in total. The van der Waals surface area contributed by atoms with Crippen LogP contribution in [0.25, 0.3) is 0 Å². The molecule has 3 heterocycles. The Balaban J connectivity index is 1.97. The number of thiazole rings is 1. The summed E-state index contributed by atoms with van der Waals surface area (Å²) < 4.78 is 5.66. The Morgan fingerprint density at radius 3 is 3.17 bits per heavy atom. The van der Waals surface area contributed by atoms with E-state index in [0.29, 0.717) is 0 Å². The Kier molecular flexibility index (Phi) is 2.19. The molecule has 2 aliphatic rings. The molecule has 4 rings (SSSR count). The summed E-state index contributed by atoms with van der Waals surface area (Å²) in [6, 6.07) is 8.04. The number of ether oxygens (including phenoxy) is 1. The molecule has 0 saturated carbocycles. The van der Waals surface area contributed by atoms with Gasteiger partial charge in [-0.1, -0.05) is 29.5 Å². The van der Waals surface area contributed by atoms with Crippen molar-refractivity contribution in [2.75, 3.05) is 5.75 Å². The molecule has 90 valence electrons. The summed E-state index contributed by atoms with van der Waals surface area (Å²) in [6.07, 6.45) is 1.84. The van der Waals surface area contributed by atoms with Crippen molar-refractivity contribution in [3.8, 4) is 5.75 Å². The van der Waals surface area contributed by atoms with Gasteiger partial charge in [-0.25, -0.2) is 0 Å². The standard InChI is InChI=1S/C13H9NO2S2/c15-13-14-12-11(18-13)10-7(6-17-12)5-16-9-4-2-1-3-8(9)10/h1-5,10H,6H2,(H,14,15). The number of thioether (sulfide) groups is 1. The van der Waals surface area contributed by atoms with Crippen molar-refractivity contribution in [2.45, 2.75) is 10.9 Å². The fourth-order valence-electron chi connectivity index (χ4n) is 2.44. The van der Waals surface area contributed by atoms with Crippen LogP contribution in [-0.4, -0.2) is 10.7 Å². The third-order valence-corrected chi connectivity index (χ3v) is 5.39. The highest BCUT2D eigenvalue weighted by molar-refractivity contribution is 7.99. The van der Waals surface area contributed by atoms with Crippen LogP contribution in [0.1, 0.15) is 16.4 Å². The lowest BCUT2D eigenvalue weighted by molar-refractivity contribution is 0.450. The first-order chi connectivity index (χ1) is 8.83. The number of rotatable bonds is 0. The van der Waals surface area contributed by atoms with Gasteiger partial charge >= 0.3 is 4.87 Å². The molecule has 1 unspecified atom stereocenters. The van der Waals surface area contributed by atoms with Crippen molar-refractivity contribution in [1.29, 1.82) is 0 Å². The molecule has 1 atom stereocenters. The van der Waals surface area contributed by atoms with Crippen LogP contribution in [0.15, 0.2) is 45.9 Å². The summed E-state index contributed by atoms with van der Waals surface area (Å²) in [4.78, 5) is 15.6. The second kappa shape index (κ2) is 3.76. The topological polar surface area (TPSA) is 42.1 Å². The summed E-state index contributed by atoms with van der Waals surface area (Å²) in [5, 5.41) is 1.02. The van der Waals surface area contributed by atoms with Gasteiger partial charge in [0.25, 0.3) is 0 Å². The van der Waals surface area contributed by atoms with Gasteiger partial charge in [0, 0.05) is 17.2 Å². The van der Waals surface area contributed by atoms with Crippen LogP contribution in [0.4, 0.5) is 0 Å². The molecule has 0 bridgehead atoms. The van der Waals surface area contributed by atoms with E-state index >= 15 is 0 Å². The van der Waals surface area contributed by atoms with Crippen molar-refractivity contribution in [1.82, 2.24) is 4.98 Å². The molecular formula is C13H9NO2S2. The molecule has 0 radical (unpaired) electrons. The van der Waals surface area contributed by atoms with Crippen LogP contribution in [-0.2, 0) is 0 Å². The van der Waals surface area contributed by atoms with E-state index in [9.17, 15) is 4.79 Å². The molecule has 2 aliphatic heterocycles. The summed E-state index contributed by atoms with van der Waals surface area (Å²) >= 11 is 2.99. The number of hydrogen-bond donors (Lipinski definition) is 1. The van der Waals surface area contributed by atoms with Crippen molar-refractivity contribution < 1.29 is 4.74 Å². The fourth-order valence-corrected chi connectivity index (χ4v) is 4.67. The molecule has 0 aliphatic carbocycles. The monoisotopic (exact) mass is 275 g/mol. The first kappa shape index (κ1) is 10.5. The van der Waals surface area contributed by atoms with Crippen molar-refractivity contribution in [3.05, 3.63) is 56.2 Å². The molecule has 5 heteroatoms. The average molecular weight is 275 g/mol. The zero-order valence-corrected chi connectivity index (χ0v) is 10.9. The van der Waals surface area contributed by atoms with Crippen molar-refractivity contribution in [3.63, 3.8) is 0 Å². The maximum Gasteiger partial charge on any atom is 0.305 e. The van der Waals surface area contributed by atoms with E-state index in [4.69, 9.17) is 4.74 Å². The number of benzene rings is 1. The van der Waals surface area contributed by atoms with E-state index in [0.717, 1.165) is 27.0 Å². The molecule has 1 N–H and O–H groups in total. The summed E-state index contributed by atoms with van der Waals surface area (Å²) in [5.74, 6) is 1.96. The van der Waals surface area contributed by atoms with Crippen molar-refractivity contribution >= 4 is 23.1 Å². The number of aromatic nitrogens is 1. The van der Waals surface area contributed by atoms with Crippen LogP contribution in [0, 0.1) is 0 Å². The highest BCUT2D eigenvalue weighted by Gasteiger charge is 2.33. The predicted molar refractivity (Wildman–Crippen MR) is 72.7 cm³/mol. The molecule has 0 fully saturated rings. The number of hydrogen-bond acceptors (Lipinski definition) is 4. The van der Waals surface area contributed by atoms with Crippen LogP contribution >= 0.6 is 23.1 Å². The van der Waals surface area contributed by atoms with Gasteiger partial charge in [-0.3, -0.25) is 4.79 Å². The number of H-pyrrole nitrogens is 1. The van der Waals surface area contributed by atoms with Gasteiger partial charge in [0.2, 0.25) is 0 Å². The largest absolute Gasteiger partial charge is 0.465 e. The number of para-hydroxylation sites is 1. The lowest BCUT2D eigenvalue weighted by atomic mass is 9.89. The molecule has 1 aromatic carbocycles.